The van der Waals surface area contributed by atoms with Crippen LogP contribution in [-0.2, 0) is 15.8 Å². The molecule has 0 fully saturated rings. The third kappa shape index (κ3) is 5.77. The number of aliphatic imine (C=N–C) groups is 1. The Labute approximate surface area is 248 Å². The topological polar surface area (TPSA) is 74.1 Å². The highest BCUT2D eigenvalue weighted by Gasteiger charge is 2.40. The van der Waals surface area contributed by atoms with Crippen molar-refractivity contribution in [2.45, 2.75) is 30.3 Å². The number of carbonyl (C=O) groups excluding carboxylic acids is 2. The lowest BCUT2D eigenvalue weighted by atomic mass is 9.97. The number of benzene rings is 4. The maximum Gasteiger partial charge on any atom is 0.418 e. The Morgan fingerprint density at radius 2 is 1.69 bits per heavy atom. The van der Waals surface area contributed by atoms with Crippen LogP contribution in [0.3, 0.4) is 0 Å². The first-order valence-corrected chi connectivity index (χ1v) is 14.3. The van der Waals surface area contributed by atoms with Crippen LogP contribution in [0.25, 0.3) is 10.8 Å². The maximum absolute atomic E-state index is 13.4. The van der Waals surface area contributed by atoms with E-state index in [1.807, 2.05) is 48.5 Å². The highest BCUT2D eigenvalue weighted by atomic mass is 35.5. The Kier molecular flexibility index (Phi) is 7.51. The first-order chi connectivity index (χ1) is 20.2. The molecule has 6 rings (SSSR count). The summed E-state index contributed by atoms with van der Waals surface area (Å²) in [7, 11) is 0. The third-order valence-electron chi connectivity index (χ3n) is 7.05. The predicted molar refractivity (Wildman–Crippen MR) is 160 cm³/mol. The molecule has 4 aromatic rings. The van der Waals surface area contributed by atoms with Crippen molar-refractivity contribution in [2.24, 2.45) is 10.1 Å². The second kappa shape index (κ2) is 11.3. The molecule has 0 bridgehead atoms. The van der Waals surface area contributed by atoms with Crippen LogP contribution in [0.4, 0.5) is 18.9 Å². The zero-order chi connectivity index (χ0) is 29.4. The molecule has 2 atom stereocenters. The molecule has 2 heterocycles. The largest absolute Gasteiger partial charge is 0.418 e. The summed E-state index contributed by atoms with van der Waals surface area (Å²) in [5.41, 5.74) is 1.34. The molecule has 0 aliphatic carbocycles. The molecule has 2 unspecified atom stereocenters. The van der Waals surface area contributed by atoms with Crippen LogP contribution >= 0.6 is 23.4 Å². The van der Waals surface area contributed by atoms with E-state index < -0.39 is 28.8 Å². The number of amides is 2. The Balaban J connectivity index is 1.24. The van der Waals surface area contributed by atoms with E-state index in [1.165, 1.54) is 18.2 Å². The van der Waals surface area contributed by atoms with Gasteiger partial charge in [-0.05, 0) is 52.2 Å². The van der Waals surface area contributed by atoms with Crippen molar-refractivity contribution in [3.8, 4) is 0 Å². The van der Waals surface area contributed by atoms with Crippen molar-refractivity contribution in [1.82, 2.24) is 5.01 Å². The SMILES string of the molecule is O=C(CC1SC(N2N=C(c3ccc4ccccc4c3)CC2c2ccc(Cl)cc2)=NC1=O)Nc1ccccc1C(F)(F)F. The van der Waals surface area contributed by atoms with E-state index in [1.54, 1.807) is 17.1 Å². The number of hydrazone groups is 1. The second-order valence-corrected chi connectivity index (χ2v) is 11.5. The predicted octanol–water partition coefficient (Wildman–Crippen LogP) is 7.69. The van der Waals surface area contributed by atoms with Crippen molar-refractivity contribution in [2.75, 3.05) is 5.32 Å². The van der Waals surface area contributed by atoms with Crippen molar-refractivity contribution in [1.29, 1.82) is 0 Å². The smallest absolute Gasteiger partial charge is 0.325 e. The molecular weight excluding hydrogens is 585 g/mol. The standard InChI is InChI=1S/C31H22ClF3N4O2S/c32-22-13-11-19(12-14-22)26-16-25(21-10-9-18-5-1-2-6-20(18)15-21)38-39(26)30-37-29(41)27(42-30)17-28(40)36-24-8-4-3-7-23(24)31(33,34)35/h1-15,26-27H,16-17H2,(H,36,40). The van der Waals surface area contributed by atoms with Crippen LogP contribution < -0.4 is 5.32 Å². The lowest BCUT2D eigenvalue weighted by molar-refractivity contribution is -0.137. The van der Waals surface area contributed by atoms with Gasteiger partial charge in [-0.25, -0.2) is 5.01 Å². The van der Waals surface area contributed by atoms with Gasteiger partial charge in [0.25, 0.3) is 5.91 Å². The number of hydrogen-bond donors (Lipinski definition) is 1. The van der Waals surface area contributed by atoms with Crippen LogP contribution in [0.15, 0.2) is 101 Å². The minimum atomic E-state index is -4.63. The number of anilines is 1. The summed E-state index contributed by atoms with van der Waals surface area (Å²) in [4.78, 5) is 29.8. The average Bonchev–Trinajstić information content (AvgIpc) is 3.57. The minimum absolute atomic E-state index is 0.283. The Hall–Kier alpha value is -4.15. The lowest BCUT2D eigenvalue weighted by Gasteiger charge is -2.23. The van der Waals surface area contributed by atoms with Gasteiger partial charge in [0, 0.05) is 17.9 Å². The Bertz CT molecular complexity index is 1760. The first-order valence-electron chi connectivity index (χ1n) is 13.0. The van der Waals surface area contributed by atoms with Gasteiger partial charge in [0.1, 0.15) is 5.25 Å². The number of rotatable bonds is 5. The summed E-state index contributed by atoms with van der Waals surface area (Å²) < 4.78 is 40.1. The Morgan fingerprint density at radius 3 is 2.45 bits per heavy atom. The number of nitrogens with zero attached hydrogens (tertiary/aromatic N) is 3. The highest BCUT2D eigenvalue weighted by Crippen LogP contribution is 2.40. The molecule has 4 aromatic carbocycles. The second-order valence-electron chi connectivity index (χ2n) is 9.86. The van der Waals surface area contributed by atoms with Gasteiger partial charge in [0.2, 0.25) is 5.91 Å². The molecule has 0 saturated heterocycles. The Morgan fingerprint density at radius 1 is 0.976 bits per heavy atom. The highest BCUT2D eigenvalue weighted by molar-refractivity contribution is 8.15. The molecule has 0 spiro atoms. The summed E-state index contributed by atoms with van der Waals surface area (Å²) in [6.07, 6.45) is -4.44. The van der Waals surface area contributed by atoms with Gasteiger partial charge in [0.05, 0.1) is 23.0 Å². The molecule has 1 N–H and O–H groups in total. The fourth-order valence-electron chi connectivity index (χ4n) is 4.99. The van der Waals surface area contributed by atoms with E-state index in [2.05, 4.69) is 16.4 Å². The summed E-state index contributed by atoms with van der Waals surface area (Å²) >= 11 is 7.20. The van der Waals surface area contributed by atoms with Gasteiger partial charge in [-0.1, -0.05) is 84.0 Å². The van der Waals surface area contributed by atoms with E-state index in [-0.39, 0.29) is 18.2 Å². The van der Waals surface area contributed by atoms with E-state index in [9.17, 15) is 22.8 Å². The normalized spacial score (nSPS) is 18.8. The van der Waals surface area contributed by atoms with Crippen molar-refractivity contribution < 1.29 is 22.8 Å². The van der Waals surface area contributed by atoms with Crippen LogP contribution in [0.5, 0.6) is 0 Å². The molecule has 0 aromatic heterocycles. The van der Waals surface area contributed by atoms with Gasteiger partial charge in [-0.2, -0.15) is 23.3 Å². The zero-order valence-electron chi connectivity index (χ0n) is 21.8. The van der Waals surface area contributed by atoms with Crippen molar-refractivity contribution in [3.05, 3.63) is 113 Å². The van der Waals surface area contributed by atoms with E-state index >= 15 is 0 Å². The molecular formula is C31H22ClF3N4O2S. The van der Waals surface area contributed by atoms with Gasteiger partial charge in [-0.3, -0.25) is 9.59 Å². The van der Waals surface area contributed by atoms with Crippen LogP contribution in [0, 0.1) is 0 Å². The third-order valence-corrected chi connectivity index (χ3v) is 8.44. The number of amidine groups is 1. The fraction of sp³-hybridized carbons (Fsp3) is 0.161. The molecule has 0 saturated carbocycles. The van der Waals surface area contributed by atoms with Gasteiger partial charge >= 0.3 is 6.18 Å². The first kappa shape index (κ1) is 28.0. The van der Waals surface area contributed by atoms with Crippen LogP contribution in [0.1, 0.15) is 35.6 Å². The molecule has 0 radical (unpaired) electrons. The molecule has 2 aliphatic rings. The van der Waals surface area contributed by atoms with Gasteiger partial charge < -0.3 is 5.32 Å². The number of carbonyl (C=O) groups is 2. The monoisotopic (exact) mass is 606 g/mol. The summed E-state index contributed by atoms with van der Waals surface area (Å²) in [6.45, 7) is 0. The van der Waals surface area contributed by atoms with E-state index in [0.717, 1.165) is 45.4 Å². The van der Waals surface area contributed by atoms with E-state index in [4.69, 9.17) is 16.7 Å². The average molecular weight is 607 g/mol. The van der Waals surface area contributed by atoms with E-state index in [0.29, 0.717) is 16.6 Å². The molecule has 2 amide bonds. The molecule has 6 nitrogen and oxygen atoms in total. The summed E-state index contributed by atoms with van der Waals surface area (Å²) in [5, 5.41) is 11.0. The zero-order valence-corrected chi connectivity index (χ0v) is 23.4. The maximum atomic E-state index is 13.4. The number of halogens is 4. The van der Waals surface area contributed by atoms with Gasteiger partial charge in [-0.15, -0.1) is 0 Å². The summed E-state index contributed by atoms with van der Waals surface area (Å²) in [5.74, 6) is -1.26. The van der Waals surface area contributed by atoms with Gasteiger partial charge in [0.15, 0.2) is 5.17 Å². The van der Waals surface area contributed by atoms with Crippen molar-refractivity contribution in [3.63, 3.8) is 0 Å². The summed E-state index contributed by atoms with van der Waals surface area (Å²) in [6, 6.07) is 25.9. The van der Waals surface area contributed by atoms with Crippen LogP contribution in [-0.4, -0.2) is 33.0 Å². The minimum Gasteiger partial charge on any atom is -0.325 e. The number of para-hydroxylation sites is 1. The number of hydrogen-bond acceptors (Lipinski definition) is 5. The van der Waals surface area contributed by atoms with Crippen LogP contribution in [0.2, 0.25) is 5.02 Å². The molecule has 2 aliphatic heterocycles. The number of nitrogens with one attached hydrogen (secondary N) is 1. The number of alkyl halides is 3. The quantitative estimate of drug-likeness (QED) is 0.253. The number of thioether (sulfide) groups is 1. The molecule has 11 heteroatoms. The lowest BCUT2D eigenvalue weighted by Crippen LogP contribution is -2.25. The fourth-order valence-corrected chi connectivity index (χ4v) is 6.18. The van der Waals surface area contributed by atoms with Crippen molar-refractivity contribution >= 4 is 62.5 Å². The molecule has 42 heavy (non-hydrogen) atoms. The number of fused-ring (bicyclic) bond motifs is 1. The molecule has 212 valence electrons.